The number of rotatable bonds is 4. The molecule has 0 aliphatic rings. The average Bonchev–Trinajstić information content (AvgIpc) is 2.51. The van der Waals surface area contributed by atoms with E-state index >= 15 is 0 Å². The predicted molar refractivity (Wildman–Crippen MR) is 76.7 cm³/mol. The third-order valence-electron chi connectivity index (χ3n) is 2.87. The molecule has 114 valence electrons. The molecule has 2 aromatic carbocycles. The molecule has 5 heteroatoms. The number of esters is 1. The Morgan fingerprint density at radius 1 is 1.00 bits per heavy atom. The van der Waals surface area contributed by atoms with Gasteiger partial charge in [-0.3, -0.25) is 0 Å². The number of benzene rings is 2. The Balaban J connectivity index is 1.90. The molecule has 0 unspecified atom stereocenters. The Kier molecular flexibility index (Phi) is 4.99. The molecule has 0 bridgehead atoms. The summed E-state index contributed by atoms with van der Waals surface area (Å²) in [5, 5.41) is 0. The highest BCUT2D eigenvalue weighted by Crippen LogP contribution is 2.29. The molecule has 22 heavy (non-hydrogen) atoms. The highest BCUT2D eigenvalue weighted by atomic mass is 19.4. The van der Waals surface area contributed by atoms with Gasteiger partial charge in [0, 0.05) is 6.08 Å². The van der Waals surface area contributed by atoms with Crippen LogP contribution in [0, 0.1) is 0 Å². The van der Waals surface area contributed by atoms with Gasteiger partial charge in [-0.15, -0.1) is 0 Å². The summed E-state index contributed by atoms with van der Waals surface area (Å²) < 4.78 is 42.2. The van der Waals surface area contributed by atoms with Crippen molar-refractivity contribution in [1.82, 2.24) is 0 Å². The van der Waals surface area contributed by atoms with E-state index in [4.69, 9.17) is 4.74 Å². The lowest BCUT2D eigenvalue weighted by atomic mass is 10.1. The van der Waals surface area contributed by atoms with E-state index in [-0.39, 0.29) is 6.61 Å². The number of ether oxygens (including phenoxy) is 1. The molecule has 0 N–H and O–H groups in total. The van der Waals surface area contributed by atoms with Gasteiger partial charge in [0.2, 0.25) is 0 Å². The smallest absolute Gasteiger partial charge is 0.416 e. The van der Waals surface area contributed by atoms with Crippen molar-refractivity contribution in [2.45, 2.75) is 12.8 Å². The van der Waals surface area contributed by atoms with Crippen LogP contribution in [0.4, 0.5) is 13.2 Å². The van der Waals surface area contributed by atoms with Gasteiger partial charge < -0.3 is 4.74 Å². The lowest BCUT2D eigenvalue weighted by Crippen LogP contribution is -2.04. The highest BCUT2D eigenvalue weighted by Gasteiger charge is 2.29. The van der Waals surface area contributed by atoms with Gasteiger partial charge in [-0.1, -0.05) is 42.5 Å². The van der Waals surface area contributed by atoms with Crippen LogP contribution in [0.25, 0.3) is 6.08 Å². The fourth-order valence-corrected chi connectivity index (χ4v) is 1.72. The van der Waals surface area contributed by atoms with Crippen LogP contribution in [0.1, 0.15) is 16.7 Å². The number of hydrogen-bond donors (Lipinski definition) is 0. The van der Waals surface area contributed by atoms with Crippen LogP contribution in [0.5, 0.6) is 0 Å². The molecule has 0 saturated carbocycles. The summed E-state index contributed by atoms with van der Waals surface area (Å²) in [5.41, 5.74) is 0.625. The van der Waals surface area contributed by atoms with Crippen LogP contribution in [0.3, 0.4) is 0 Å². The second-order valence-electron chi connectivity index (χ2n) is 4.55. The van der Waals surface area contributed by atoms with Crippen LogP contribution in [0.2, 0.25) is 0 Å². The second kappa shape index (κ2) is 6.93. The number of carbonyl (C=O) groups excluding carboxylic acids is 1. The number of hydrogen-bond acceptors (Lipinski definition) is 2. The predicted octanol–water partition coefficient (Wildman–Crippen LogP) is 4.46. The fourth-order valence-electron chi connectivity index (χ4n) is 1.72. The van der Waals surface area contributed by atoms with Crippen LogP contribution >= 0.6 is 0 Å². The average molecular weight is 306 g/mol. The van der Waals surface area contributed by atoms with Crippen molar-refractivity contribution in [2.75, 3.05) is 0 Å². The van der Waals surface area contributed by atoms with E-state index in [9.17, 15) is 18.0 Å². The molecule has 0 aliphatic heterocycles. The van der Waals surface area contributed by atoms with Gasteiger partial charge in [-0.25, -0.2) is 4.79 Å². The Morgan fingerprint density at radius 2 is 1.64 bits per heavy atom. The largest absolute Gasteiger partial charge is 0.458 e. The van der Waals surface area contributed by atoms with Gasteiger partial charge in [0.1, 0.15) is 6.61 Å². The molecule has 0 amide bonds. The Hall–Kier alpha value is -2.56. The summed E-state index contributed by atoms with van der Waals surface area (Å²) in [6.07, 6.45) is -1.77. The minimum absolute atomic E-state index is 0.150. The molecule has 0 spiro atoms. The van der Waals surface area contributed by atoms with E-state index in [0.29, 0.717) is 5.56 Å². The summed E-state index contributed by atoms with van der Waals surface area (Å²) in [6, 6.07) is 13.7. The number of halogens is 3. The zero-order valence-electron chi connectivity index (χ0n) is 11.5. The van der Waals surface area contributed by atoms with E-state index in [0.717, 1.165) is 17.7 Å². The summed E-state index contributed by atoms with van der Waals surface area (Å²) in [7, 11) is 0. The van der Waals surface area contributed by atoms with Crippen LogP contribution in [-0.4, -0.2) is 5.97 Å². The van der Waals surface area contributed by atoms with Gasteiger partial charge in [0.05, 0.1) is 5.56 Å². The quantitative estimate of drug-likeness (QED) is 0.615. The summed E-state index contributed by atoms with van der Waals surface area (Å²) in [5.74, 6) is -0.552. The summed E-state index contributed by atoms with van der Waals surface area (Å²) >= 11 is 0. The van der Waals surface area contributed by atoms with Gasteiger partial charge in [0.15, 0.2) is 0 Å². The second-order valence-corrected chi connectivity index (χ2v) is 4.55. The van der Waals surface area contributed by atoms with Crippen LogP contribution in [-0.2, 0) is 22.3 Å². The fraction of sp³-hybridized carbons (Fsp3) is 0.118. The summed E-state index contributed by atoms with van der Waals surface area (Å²) in [6.45, 7) is 0.150. The SMILES string of the molecule is O=C(/C=C/c1ccc(C(F)(F)F)cc1)OCc1ccccc1. The van der Waals surface area contributed by atoms with Crippen LogP contribution in [0.15, 0.2) is 60.7 Å². The first-order valence-electron chi connectivity index (χ1n) is 6.51. The molecule has 0 heterocycles. The molecule has 0 aliphatic carbocycles. The first-order chi connectivity index (χ1) is 10.4. The van der Waals surface area contributed by atoms with Crippen molar-refractivity contribution in [3.63, 3.8) is 0 Å². The zero-order valence-corrected chi connectivity index (χ0v) is 11.5. The minimum atomic E-state index is -4.36. The van der Waals surface area contributed by atoms with Gasteiger partial charge >= 0.3 is 12.1 Å². The zero-order chi connectivity index (χ0) is 16.0. The lowest BCUT2D eigenvalue weighted by molar-refractivity contribution is -0.139. The topological polar surface area (TPSA) is 26.3 Å². The maximum atomic E-state index is 12.4. The minimum Gasteiger partial charge on any atom is -0.458 e. The number of carbonyl (C=O) groups is 1. The molecule has 0 aromatic heterocycles. The number of alkyl halides is 3. The van der Waals surface area contributed by atoms with Crippen molar-refractivity contribution in [3.05, 3.63) is 77.4 Å². The summed E-state index contributed by atoms with van der Waals surface area (Å²) in [4.78, 5) is 11.5. The monoisotopic (exact) mass is 306 g/mol. The van der Waals surface area contributed by atoms with Crippen molar-refractivity contribution in [1.29, 1.82) is 0 Å². The van der Waals surface area contributed by atoms with Gasteiger partial charge in [-0.05, 0) is 29.3 Å². The van der Waals surface area contributed by atoms with Crippen molar-refractivity contribution >= 4 is 12.0 Å². The normalized spacial score (nSPS) is 11.6. The maximum Gasteiger partial charge on any atom is 0.416 e. The molecule has 2 nitrogen and oxygen atoms in total. The first kappa shape index (κ1) is 15.8. The third-order valence-corrected chi connectivity index (χ3v) is 2.87. The van der Waals surface area contributed by atoms with Crippen LogP contribution < -0.4 is 0 Å². The highest BCUT2D eigenvalue weighted by molar-refractivity contribution is 5.87. The molecular weight excluding hydrogens is 293 g/mol. The molecule has 0 saturated heterocycles. The Labute approximate surface area is 125 Å². The first-order valence-corrected chi connectivity index (χ1v) is 6.51. The maximum absolute atomic E-state index is 12.4. The van der Waals surface area contributed by atoms with E-state index in [2.05, 4.69) is 0 Å². The van der Waals surface area contributed by atoms with Crippen molar-refractivity contribution in [3.8, 4) is 0 Å². The van der Waals surface area contributed by atoms with Gasteiger partial charge in [0.25, 0.3) is 0 Å². The molecule has 2 rings (SSSR count). The van der Waals surface area contributed by atoms with Crippen molar-refractivity contribution < 1.29 is 22.7 Å². The molecule has 0 radical (unpaired) electrons. The van der Waals surface area contributed by atoms with E-state index < -0.39 is 17.7 Å². The Bertz CT molecular complexity index is 644. The molecule has 2 aromatic rings. The third kappa shape index (κ3) is 4.77. The van der Waals surface area contributed by atoms with Crippen molar-refractivity contribution in [2.24, 2.45) is 0 Å². The van der Waals surface area contributed by atoms with E-state index in [1.54, 1.807) is 0 Å². The Morgan fingerprint density at radius 3 is 2.23 bits per heavy atom. The molecule has 0 atom stereocenters. The molecule has 0 fully saturated rings. The molecular formula is C17H13F3O2. The van der Waals surface area contributed by atoms with E-state index in [1.807, 2.05) is 30.3 Å². The van der Waals surface area contributed by atoms with E-state index in [1.165, 1.54) is 24.3 Å². The van der Waals surface area contributed by atoms with Gasteiger partial charge in [-0.2, -0.15) is 13.2 Å². The lowest BCUT2D eigenvalue weighted by Gasteiger charge is -2.06. The standard InChI is InChI=1S/C17H13F3O2/c18-17(19,20)15-9-6-13(7-10-15)8-11-16(21)22-12-14-4-2-1-3-5-14/h1-11H,12H2/b11-8+.